The van der Waals surface area contributed by atoms with E-state index in [0.717, 1.165) is 22.6 Å². The molecular formula is C31H27N3O9. The molecule has 3 aromatic rings. The van der Waals surface area contributed by atoms with Gasteiger partial charge in [0.2, 0.25) is 5.91 Å². The molecule has 12 heteroatoms. The van der Waals surface area contributed by atoms with E-state index in [1.807, 2.05) is 30.3 Å². The van der Waals surface area contributed by atoms with Gasteiger partial charge in [0, 0.05) is 55.3 Å². The number of carbonyl (C=O) groups excluding carboxylic acids is 5. The standard InChI is InChI=1S/C31H27N3O9/c35-26(16-17-33-28(36)14-15-29(33)37)19-23(18-21-4-2-1-3-5-21)30(38)32-24-8-6-22(7-9-24)20-42-31(39)43-27-12-10-25(11-13-27)34(40)41/h1-15,23H,16-20H2,(H,32,38)/t23-/m1/s1. The van der Waals surface area contributed by atoms with E-state index < -0.39 is 28.8 Å². The minimum Gasteiger partial charge on any atom is -0.429 e. The lowest BCUT2D eigenvalue weighted by atomic mass is 9.92. The molecule has 0 radical (unpaired) electrons. The molecule has 1 heterocycles. The first kappa shape index (κ1) is 30.3. The highest BCUT2D eigenvalue weighted by Gasteiger charge is 2.26. The number of imide groups is 1. The van der Waals surface area contributed by atoms with Gasteiger partial charge in [-0.3, -0.25) is 34.2 Å². The van der Waals surface area contributed by atoms with Crippen molar-refractivity contribution >= 4 is 41.0 Å². The molecule has 1 aliphatic heterocycles. The van der Waals surface area contributed by atoms with E-state index in [2.05, 4.69) is 5.32 Å². The highest BCUT2D eigenvalue weighted by atomic mass is 16.7. The maximum absolute atomic E-state index is 13.2. The van der Waals surface area contributed by atoms with Crippen molar-refractivity contribution in [1.29, 1.82) is 0 Å². The van der Waals surface area contributed by atoms with E-state index in [1.165, 1.54) is 24.3 Å². The normalized spacial score (nSPS) is 13.0. The van der Waals surface area contributed by atoms with E-state index in [1.54, 1.807) is 24.3 Å². The van der Waals surface area contributed by atoms with Crippen LogP contribution in [0.5, 0.6) is 5.75 Å². The van der Waals surface area contributed by atoms with Crippen LogP contribution in [0.2, 0.25) is 0 Å². The highest BCUT2D eigenvalue weighted by molar-refractivity contribution is 6.13. The maximum Gasteiger partial charge on any atom is 0.514 e. The second-order valence-corrected chi connectivity index (χ2v) is 9.62. The van der Waals surface area contributed by atoms with Crippen LogP contribution in [0.4, 0.5) is 16.2 Å². The number of carbonyl (C=O) groups is 5. The monoisotopic (exact) mass is 585 g/mol. The van der Waals surface area contributed by atoms with E-state index in [0.29, 0.717) is 17.7 Å². The number of nitrogens with zero attached hydrogens (tertiary/aromatic N) is 2. The summed E-state index contributed by atoms with van der Waals surface area (Å²) in [5, 5.41) is 13.5. The SMILES string of the molecule is O=C(CCN1C(=O)C=CC1=O)C[C@@H](Cc1ccccc1)C(=O)Nc1ccc(COC(=O)Oc2ccc([N+](=O)[O-])cc2)cc1. The summed E-state index contributed by atoms with van der Waals surface area (Å²) in [7, 11) is 0. The lowest BCUT2D eigenvalue weighted by Crippen LogP contribution is -2.33. The number of rotatable bonds is 13. The van der Waals surface area contributed by atoms with Gasteiger partial charge in [-0.25, -0.2) is 4.79 Å². The second kappa shape index (κ2) is 14.3. The van der Waals surface area contributed by atoms with E-state index >= 15 is 0 Å². The average Bonchev–Trinajstić information content (AvgIpc) is 3.32. The number of nitro benzene ring substituents is 1. The predicted octanol–water partition coefficient (Wildman–Crippen LogP) is 4.38. The second-order valence-electron chi connectivity index (χ2n) is 9.62. The number of benzene rings is 3. The van der Waals surface area contributed by atoms with Crippen molar-refractivity contribution in [3.8, 4) is 5.75 Å². The topological polar surface area (TPSA) is 162 Å². The van der Waals surface area contributed by atoms with Gasteiger partial charge in [-0.05, 0) is 41.8 Å². The summed E-state index contributed by atoms with van der Waals surface area (Å²) >= 11 is 0. The zero-order valence-electron chi connectivity index (χ0n) is 22.8. The quantitative estimate of drug-likeness (QED) is 0.101. The van der Waals surface area contributed by atoms with E-state index in [4.69, 9.17) is 9.47 Å². The fraction of sp³-hybridized carbons (Fsp3) is 0.194. The Bertz CT molecular complexity index is 1520. The van der Waals surface area contributed by atoms with Gasteiger partial charge < -0.3 is 14.8 Å². The van der Waals surface area contributed by atoms with Crippen molar-refractivity contribution in [2.45, 2.75) is 25.9 Å². The zero-order chi connectivity index (χ0) is 30.8. The van der Waals surface area contributed by atoms with Crippen LogP contribution in [0, 0.1) is 16.0 Å². The van der Waals surface area contributed by atoms with Gasteiger partial charge >= 0.3 is 6.16 Å². The molecule has 0 bridgehead atoms. The fourth-order valence-electron chi connectivity index (χ4n) is 4.25. The highest BCUT2D eigenvalue weighted by Crippen LogP contribution is 2.20. The third kappa shape index (κ3) is 8.92. The van der Waals surface area contributed by atoms with Crippen LogP contribution < -0.4 is 10.1 Å². The van der Waals surface area contributed by atoms with Crippen molar-refractivity contribution in [3.05, 3.63) is 112 Å². The first-order valence-electron chi connectivity index (χ1n) is 13.3. The molecule has 0 aromatic heterocycles. The molecule has 0 unspecified atom stereocenters. The Morgan fingerprint density at radius 2 is 1.51 bits per heavy atom. The fourth-order valence-corrected chi connectivity index (χ4v) is 4.25. The summed E-state index contributed by atoms with van der Waals surface area (Å²) in [6.07, 6.45) is 1.50. The number of ether oxygens (including phenoxy) is 2. The number of non-ortho nitro benzene ring substituents is 1. The molecular weight excluding hydrogens is 558 g/mol. The van der Waals surface area contributed by atoms with Crippen LogP contribution in [-0.4, -0.2) is 46.0 Å². The number of anilines is 1. The number of nitrogens with one attached hydrogen (secondary N) is 1. The molecule has 0 saturated heterocycles. The van der Waals surface area contributed by atoms with Crippen LogP contribution in [-0.2, 0) is 36.9 Å². The average molecular weight is 586 g/mol. The van der Waals surface area contributed by atoms with E-state index in [-0.39, 0.29) is 49.1 Å². The maximum atomic E-state index is 13.2. The molecule has 1 N–H and O–H groups in total. The summed E-state index contributed by atoms with van der Waals surface area (Å²) in [6, 6.07) is 20.7. The van der Waals surface area contributed by atoms with Gasteiger partial charge in [0.15, 0.2) is 0 Å². The van der Waals surface area contributed by atoms with Crippen LogP contribution in [0.1, 0.15) is 24.0 Å². The van der Waals surface area contributed by atoms with Gasteiger partial charge in [-0.1, -0.05) is 42.5 Å². The lowest BCUT2D eigenvalue weighted by molar-refractivity contribution is -0.384. The molecule has 12 nitrogen and oxygen atoms in total. The summed E-state index contributed by atoms with van der Waals surface area (Å²) < 4.78 is 10.1. The Labute approximate surface area is 246 Å². The largest absolute Gasteiger partial charge is 0.514 e. The molecule has 0 fully saturated rings. The Hall–Kier alpha value is -5.65. The number of hydrogen-bond donors (Lipinski definition) is 1. The third-order valence-corrected chi connectivity index (χ3v) is 6.51. The van der Waals surface area contributed by atoms with Crippen LogP contribution in [0.25, 0.3) is 0 Å². The van der Waals surface area contributed by atoms with Crippen molar-refractivity contribution in [2.24, 2.45) is 5.92 Å². The molecule has 4 rings (SSSR count). The van der Waals surface area contributed by atoms with Crippen LogP contribution >= 0.6 is 0 Å². The molecule has 1 atom stereocenters. The molecule has 220 valence electrons. The van der Waals surface area contributed by atoms with Crippen LogP contribution in [0.3, 0.4) is 0 Å². The number of hydrogen-bond acceptors (Lipinski definition) is 9. The summed E-state index contributed by atoms with van der Waals surface area (Å²) in [5.74, 6) is -2.17. The molecule has 1 aliphatic rings. The van der Waals surface area contributed by atoms with Crippen molar-refractivity contribution < 1.29 is 38.4 Å². The summed E-state index contributed by atoms with van der Waals surface area (Å²) in [5.41, 5.74) is 1.80. The summed E-state index contributed by atoms with van der Waals surface area (Å²) in [6.45, 7) is -0.170. The smallest absolute Gasteiger partial charge is 0.429 e. The molecule has 3 aromatic carbocycles. The molecule has 43 heavy (non-hydrogen) atoms. The molecule has 0 saturated carbocycles. The minimum atomic E-state index is -0.991. The number of nitro groups is 1. The third-order valence-electron chi connectivity index (χ3n) is 6.51. The number of Topliss-reactive ketones (excluding diaryl/α,β-unsaturated/α-hetero) is 1. The van der Waals surface area contributed by atoms with E-state index in [9.17, 15) is 34.1 Å². The lowest BCUT2D eigenvalue weighted by Gasteiger charge is -2.18. The van der Waals surface area contributed by atoms with Gasteiger partial charge in [-0.2, -0.15) is 0 Å². The van der Waals surface area contributed by atoms with Crippen molar-refractivity contribution in [3.63, 3.8) is 0 Å². The first-order chi connectivity index (χ1) is 20.7. The Morgan fingerprint density at radius 3 is 2.14 bits per heavy atom. The zero-order valence-corrected chi connectivity index (χ0v) is 22.8. The van der Waals surface area contributed by atoms with Crippen molar-refractivity contribution in [2.75, 3.05) is 11.9 Å². The van der Waals surface area contributed by atoms with Gasteiger partial charge in [-0.15, -0.1) is 0 Å². The Kier molecular flexibility index (Phi) is 10.1. The van der Waals surface area contributed by atoms with Gasteiger partial charge in [0.25, 0.3) is 17.5 Å². The van der Waals surface area contributed by atoms with Crippen molar-refractivity contribution in [1.82, 2.24) is 4.90 Å². The first-order valence-corrected chi connectivity index (χ1v) is 13.3. The predicted molar refractivity (Wildman–Crippen MR) is 153 cm³/mol. The minimum absolute atomic E-state index is 0.0475. The van der Waals surface area contributed by atoms with Gasteiger partial charge in [0.1, 0.15) is 18.1 Å². The molecule has 3 amide bonds. The summed E-state index contributed by atoms with van der Waals surface area (Å²) in [4.78, 5) is 72.7. The number of ketones is 1. The molecule has 0 spiro atoms. The molecule has 0 aliphatic carbocycles. The number of amides is 3. The Morgan fingerprint density at radius 1 is 0.860 bits per heavy atom. The Balaban J connectivity index is 1.30. The van der Waals surface area contributed by atoms with Crippen LogP contribution in [0.15, 0.2) is 91.0 Å². The van der Waals surface area contributed by atoms with Gasteiger partial charge in [0.05, 0.1) is 4.92 Å².